The lowest BCUT2D eigenvalue weighted by molar-refractivity contribution is -0.123. The fourth-order valence-electron chi connectivity index (χ4n) is 4.31. The van der Waals surface area contributed by atoms with E-state index in [0.29, 0.717) is 18.8 Å². The molecule has 1 aromatic rings. The number of ketones is 2. The molecule has 0 heterocycles. The molecule has 0 radical (unpaired) electrons. The molecule has 26 heavy (non-hydrogen) atoms. The van der Waals surface area contributed by atoms with Gasteiger partial charge in [-0.1, -0.05) is 30.4 Å². The molecule has 2 N–H and O–H groups in total. The third-order valence-electron chi connectivity index (χ3n) is 5.81. The Bertz CT molecular complexity index is 750. The SMILES string of the molecule is CC(=O)CCC(C(N)=O)C1Cc2cc(C3CC=CCCC3)ccc2C1=O. The molecule has 0 aromatic heterocycles. The molecule has 2 aliphatic rings. The average Bonchev–Trinajstić information content (AvgIpc) is 2.79. The minimum atomic E-state index is -0.567. The number of nitrogens with two attached hydrogens (primary N) is 1. The van der Waals surface area contributed by atoms with Gasteiger partial charge in [-0.05, 0) is 62.5 Å². The Labute approximate surface area is 154 Å². The van der Waals surface area contributed by atoms with Crippen LogP contribution in [0.5, 0.6) is 0 Å². The molecule has 3 rings (SSSR count). The Hall–Kier alpha value is -2.23. The van der Waals surface area contributed by atoms with Crippen molar-refractivity contribution >= 4 is 17.5 Å². The number of allylic oxidation sites excluding steroid dienone is 2. The van der Waals surface area contributed by atoms with Crippen LogP contribution in [0.25, 0.3) is 0 Å². The van der Waals surface area contributed by atoms with Gasteiger partial charge in [0, 0.05) is 23.8 Å². The van der Waals surface area contributed by atoms with E-state index < -0.39 is 17.7 Å². The van der Waals surface area contributed by atoms with Crippen molar-refractivity contribution in [2.24, 2.45) is 17.6 Å². The van der Waals surface area contributed by atoms with Gasteiger partial charge in [0.15, 0.2) is 5.78 Å². The number of carbonyl (C=O) groups is 3. The number of fused-ring (bicyclic) bond motifs is 1. The molecule has 4 heteroatoms. The Morgan fingerprint density at radius 1 is 1.27 bits per heavy atom. The van der Waals surface area contributed by atoms with Gasteiger partial charge in [0.2, 0.25) is 5.91 Å². The van der Waals surface area contributed by atoms with Gasteiger partial charge in [0.25, 0.3) is 0 Å². The van der Waals surface area contributed by atoms with Crippen LogP contribution in [0, 0.1) is 11.8 Å². The van der Waals surface area contributed by atoms with Crippen molar-refractivity contribution in [3.8, 4) is 0 Å². The van der Waals surface area contributed by atoms with Gasteiger partial charge in [-0.2, -0.15) is 0 Å². The molecular weight excluding hydrogens is 326 g/mol. The molecule has 3 unspecified atom stereocenters. The normalized spacial score (nSPS) is 23.3. The zero-order chi connectivity index (χ0) is 18.7. The number of hydrogen-bond acceptors (Lipinski definition) is 3. The van der Waals surface area contributed by atoms with Crippen LogP contribution in [-0.4, -0.2) is 17.5 Å². The monoisotopic (exact) mass is 353 g/mol. The summed E-state index contributed by atoms with van der Waals surface area (Å²) >= 11 is 0. The fraction of sp³-hybridized carbons (Fsp3) is 0.500. The second-order valence-electron chi connectivity index (χ2n) is 7.68. The summed E-state index contributed by atoms with van der Waals surface area (Å²) in [4.78, 5) is 36.0. The van der Waals surface area contributed by atoms with E-state index in [4.69, 9.17) is 5.73 Å². The van der Waals surface area contributed by atoms with Crippen molar-refractivity contribution in [2.45, 2.75) is 57.8 Å². The maximum atomic E-state index is 12.8. The van der Waals surface area contributed by atoms with Gasteiger partial charge in [-0.3, -0.25) is 9.59 Å². The molecule has 1 aromatic carbocycles. The van der Waals surface area contributed by atoms with Crippen molar-refractivity contribution in [1.29, 1.82) is 0 Å². The van der Waals surface area contributed by atoms with Gasteiger partial charge < -0.3 is 10.5 Å². The lowest BCUT2D eigenvalue weighted by Crippen LogP contribution is -2.33. The molecule has 0 saturated heterocycles. The smallest absolute Gasteiger partial charge is 0.221 e. The van der Waals surface area contributed by atoms with E-state index >= 15 is 0 Å². The number of hydrogen-bond donors (Lipinski definition) is 1. The molecule has 0 fully saturated rings. The minimum Gasteiger partial charge on any atom is -0.369 e. The highest BCUT2D eigenvalue weighted by atomic mass is 16.1. The third kappa shape index (κ3) is 3.95. The van der Waals surface area contributed by atoms with Gasteiger partial charge in [0.1, 0.15) is 5.78 Å². The summed E-state index contributed by atoms with van der Waals surface area (Å²) < 4.78 is 0. The first kappa shape index (κ1) is 18.6. The van der Waals surface area contributed by atoms with Crippen molar-refractivity contribution in [3.63, 3.8) is 0 Å². The summed E-state index contributed by atoms with van der Waals surface area (Å²) in [6.45, 7) is 1.50. The van der Waals surface area contributed by atoms with Crippen LogP contribution >= 0.6 is 0 Å². The van der Waals surface area contributed by atoms with E-state index in [2.05, 4.69) is 24.3 Å². The molecule has 138 valence electrons. The zero-order valence-corrected chi connectivity index (χ0v) is 15.4. The maximum Gasteiger partial charge on any atom is 0.221 e. The molecule has 0 spiro atoms. The van der Waals surface area contributed by atoms with Crippen LogP contribution in [-0.2, 0) is 16.0 Å². The van der Waals surface area contributed by atoms with Crippen LogP contribution < -0.4 is 5.73 Å². The third-order valence-corrected chi connectivity index (χ3v) is 5.81. The first-order valence-corrected chi connectivity index (χ1v) is 9.58. The van der Waals surface area contributed by atoms with E-state index in [1.807, 2.05) is 6.07 Å². The van der Waals surface area contributed by atoms with E-state index in [-0.39, 0.29) is 18.0 Å². The number of primary amides is 1. The molecule has 4 nitrogen and oxygen atoms in total. The summed E-state index contributed by atoms with van der Waals surface area (Å²) in [6.07, 6.45) is 10.2. The van der Waals surface area contributed by atoms with Gasteiger partial charge >= 0.3 is 0 Å². The van der Waals surface area contributed by atoms with E-state index in [9.17, 15) is 14.4 Å². The second kappa shape index (κ2) is 7.98. The van der Waals surface area contributed by atoms with Crippen LogP contribution in [0.4, 0.5) is 0 Å². The Morgan fingerprint density at radius 3 is 2.81 bits per heavy atom. The minimum absolute atomic E-state index is 0.000311. The highest BCUT2D eigenvalue weighted by molar-refractivity contribution is 6.04. The fourth-order valence-corrected chi connectivity index (χ4v) is 4.31. The van der Waals surface area contributed by atoms with E-state index in [1.54, 1.807) is 0 Å². The van der Waals surface area contributed by atoms with Crippen LogP contribution in [0.1, 0.15) is 72.9 Å². The van der Waals surface area contributed by atoms with Crippen LogP contribution in [0.3, 0.4) is 0 Å². The van der Waals surface area contributed by atoms with Crippen molar-refractivity contribution in [1.82, 2.24) is 0 Å². The molecular formula is C22H27NO3. The quantitative estimate of drug-likeness (QED) is 0.792. The van der Waals surface area contributed by atoms with E-state index in [1.165, 1.54) is 18.9 Å². The molecule has 3 atom stereocenters. The molecule has 0 aliphatic heterocycles. The van der Waals surface area contributed by atoms with Crippen LogP contribution in [0.2, 0.25) is 0 Å². The van der Waals surface area contributed by atoms with Gasteiger partial charge in [0.05, 0.1) is 0 Å². The Morgan fingerprint density at radius 2 is 2.08 bits per heavy atom. The number of Topliss-reactive ketones (excluding diaryl/α,β-unsaturated/α-hetero) is 2. The Balaban J connectivity index is 1.80. The largest absolute Gasteiger partial charge is 0.369 e. The Kier molecular flexibility index (Phi) is 5.70. The van der Waals surface area contributed by atoms with Crippen molar-refractivity contribution in [3.05, 3.63) is 47.0 Å². The number of amides is 1. The number of rotatable bonds is 6. The van der Waals surface area contributed by atoms with Crippen molar-refractivity contribution in [2.75, 3.05) is 0 Å². The predicted octanol–water partition coefficient (Wildman–Crippen LogP) is 3.73. The number of carbonyl (C=O) groups excluding carboxylic acids is 3. The topological polar surface area (TPSA) is 77.2 Å². The van der Waals surface area contributed by atoms with Gasteiger partial charge in [-0.25, -0.2) is 0 Å². The molecule has 1 amide bonds. The summed E-state index contributed by atoms with van der Waals surface area (Å²) in [6, 6.07) is 6.14. The molecule has 2 aliphatic carbocycles. The summed E-state index contributed by atoms with van der Waals surface area (Å²) in [7, 11) is 0. The lowest BCUT2D eigenvalue weighted by Gasteiger charge is -2.18. The highest BCUT2D eigenvalue weighted by Gasteiger charge is 2.39. The maximum absolute atomic E-state index is 12.8. The summed E-state index contributed by atoms with van der Waals surface area (Å²) in [5.41, 5.74) is 8.58. The van der Waals surface area contributed by atoms with E-state index in [0.717, 1.165) is 30.4 Å². The average molecular weight is 353 g/mol. The highest BCUT2D eigenvalue weighted by Crippen LogP contribution is 2.37. The van der Waals surface area contributed by atoms with Crippen molar-refractivity contribution < 1.29 is 14.4 Å². The summed E-state index contributed by atoms with van der Waals surface area (Å²) in [5.74, 6) is -0.957. The lowest BCUT2D eigenvalue weighted by atomic mass is 9.84. The molecule has 0 saturated carbocycles. The first-order valence-electron chi connectivity index (χ1n) is 9.58. The standard InChI is InChI=1S/C22H27NO3/c1-14(24)8-10-19(22(23)26)20-13-17-12-16(9-11-18(17)21(20)25)15-6-4-2-3-5-7-15/h2,4,9,11-12,15,19-20H,3,5-8,10,13H2,1H3,(H2,23,26). The second-order valence-corrected chi connectivity index (χ2v) is 7.68. The first-order chi connectivity index (χ1) is 12.5. The predicted molar refractivity (Wildman–Crippen MR) is 101 cm³/mol. The molecule has 0 bridgehead atoms. The summed E-state index contributed by atoms with van der Waals surface area (Å²) in [5, 5.41) is 0. The van der Waals surface area contributed by atoms with Crippen LogP contribution in [0.15, 0.2) is 30.4 Å². The van der Waals surface area contributed by atoms with Gasteiger partial charge in [-0.15, -0.1) is 0 Å². The zero-order valence-electron chi connectivity index (χ0n) is 15.4. The number of benzene rings is 1.